The van der Waals surface area contributed by atoms with Gasteiger partial charge in [0, 0.05) is 25.9 Å². The molecule has 1 aliphatic heterocycles. The number of nitrogens with zero attached hydrogens (tertiary/aromatic N) is 3. The number of ether oxygens (including phenoxy) is 2. The third-order valence-corrected chi connectivity index (χ3v) is 4.61. The summed E-state index contributed by atoms with van der Waals surface area (Å²) in [4.78, 5) is 13.5. The minimum absolute atomic E-state index is 0.0379. The van der Waals surface area contributed by atoms with Crippen molar-refractivity contribution in [3.05, 3.63) is 46.1 Å². The Morgan fingerprint density at radius 2 is 1.80 bits per heavy atom. The van der Waals surface area contributed by atoms with Crippen LogP contribution in [0.2, 0.25) is 10.0 Å². The van der Waals surface area contributed by atoms with Crippen LogP contribution in [-0.2, 0) is 4.74 Å². The topological polar surface area (TPSA) is 64.5 Å². The summed E-state index contributed by atoms with van der Waals surface area (Å²) in [6.07, 6.45) is 1.65. The monoisotopic (exact) mass is 381 g/mol. The van der Waals surface area contributed by atoms with E-state index in [1.807, 2.05) is 0 Å². The van der Waals surface area contributed by atoms with Crippen LogP contribution in [0.1, 0.15) is 23.3 Å². The molecule has 0 radical (unpaired) electrons. The highest BCUT2D eigenvalue weighted by molar-refractivity contribution is 6.37. The first-order valence-electron chi connectivity index (χ1n) is 7.86. The van der Waals surface area contributed by atoms with Crippen LogP contribution in [0.5, 0.6) is 5.75 Å². The Morgan fingerprint density at radius 1 is 1.12 bits per heavy atom. The lowest BCUT2D eigenvalue weighted by atomic mass is 10.1. The number of benzene rings is 1. The summed E-state index contributed by atoms with van der Waals surface area (Å²) in [6, 6.07) is 8.69. The number of methoxy groups -OCH3 is 1. The molecular formula is C17H17Cl2N3O3. The molecule has 8 heteroatoms. The van der Waals surface area contributed by atoms with Crippen molar-refractivity contribution in [3.63, 3.8) is 0 Å². The summed E-state index contributed by atoms with van der Waals surface area (Å²) >= 11 is 12.3. The molecule has 1 aromatic carbocycles. The molecule has 1 saturated heterocycles. The first kappa shape index (κ1) is 17.8. The Morgan fingerprint density at radius 3 is 2.36 bits per heavy atom. The molecule has 0 spiro atoms. The number of para-hydroxylation sites is 1. The Bertz CT molecular complexity index is 727. The molecule has 6 nitrogen and oxygen atoms in total. The van der Waals surface area contributed by atoms with Gasteiger partial charge < -0.3 is 14.4 Å². The molecule has 0 unspecified atom stereocenters. The fraction of sp³-hybridized carbons (Fsp3) is 0.353. The van der Waals surface area contributed by atoms with Gasteiger partial charge in [0.1, 0.15) is 6.10 Å². The Hall–Kier alpha value is -2.05. The summed E-state index contributed by atoms with van der Waals surface area (Å²) < 4.78 is 10.6. The third kappa shape index (κ3) is 4.14. The van der Waals surface area contributed by atoms with E-state index >= 15 is 0 Å². The van der Waals surface area contributed by atoms with E-state index < -0.39 is 5.97 Å². The molecule has 3 rings (SSSR count). The van der Waals surface area contributed by atoms with Gasteiger partial charge in [-0.2, -0.15) is 0 Å². The standard InChI is InChI=1S/C17H17Cl2N3O3/c1-24-17(23)14-5-6-15(21-20-14)22-9-7-11(8-10-22)25-16-12(18)3-2-4-13(16)19/h2-6,11H,7-10H2,1H3. The van der Waals surface area contributed by atoms with Gasteiger partial charge in [-0.15, -0.1) is 10.2 Å². The summed E-state index contributed by atoms with van der Waals surface area (Å²) in [7, 11) is 1.31. The Kier molecular flexibility index (Phi) is 5.60. The lowest BCUT2D eigenvalue weighted by Gasteiger charge is -2.32. The van der Waals surface area contributed by atoms with E-state index in [2.05, 4.69) is 19.8 Å². The predicted molar refractivity (Wildman–Crippen MR) is 95.7 cm³/mol. The number of anilines is 1. The molecule has 132 valence electrons. The van der Waals surface area contributed by atoms with Crippen molar-refractivity contribution in [2.24, 2.45) is 0 Å². The minimum Gasteiger partial charge on any atom is -0.487 e. The first-order valence-corrected chi connectivity index (χ1v) is 8.61. The number of carbonyl (C=O) groups is 1. The number of halogens is 2. The van der Waals surface area contributed by atoms with E-state index in [0.29, 0.717) is 15.8 Å². The summed E-state index contributed by atoms with van der Waals surface area (Å²) in [5, 5.41) is 9.03. The molecular weight excluding hydrogens is 365 g/mol. The van der Waals surface area contributed by atoms with Gasteiger partial charge >= 0.3 is 5.97 Å². The zero-order valence-electron chi connectivity index (χ0n) is 13.6. The highest BCUT2D eigenvalue weighted by Gasteiger charge is 2.23. The third-order valence-electron chi connectivity index (χ3n) is 4.01. The van der Waals surface area contributed by atoms with E-state index in [9.17, 15) is 4.79 Å². The summed E-state index contributed by atoms with van der Waals surface area (Å²) in [5.41, 5.74) is 0.192. The molecule has 0 atom stereocenters. The average molecular weight is 382 g/mol. The van der Waals surface area contributed by atoms with Gasteiger partial charge in [0.2, 0.25) is 0 Å². The van der Waals surface area contributed by atoms with Crippen molar-refractivity contribution >= 4 is 35.0 Å². The van der Waals surface area contributed by atoms with Gasteiger partial charge in [0.15, 0.2) is 17.3 Å². The fourth-order valence-electron chi connectivity index (χ4n) is 2.67. The molecule has 0 N–H and O–H groups in total. The van der Waals surface area contributed by atoms with Crippen LogP contribution >= 0.6 is 23.2 Å². The highest BCUT2D eigenvalue weighted by Crippen LogP contribution is 2.34. The predicted octanol–water partition coefficient (Wildman–Crippen LogP) is 3.62. The zero-order chi connectivity index (χ0) is 17.8. The van der Waals surface area contributed by atoms with E-state index in [4.69, 9.17) is 27.9 Å². The fourth-order valence-corrected chi connectivity index (χ4v) is 3.16. The lowest BCUT2D eigenvalue weighted by Crippen LogP contribution is -2.38. The summed E-state index contributed by atoms with van der Waals surface area (Å²) in [5.74, 6) is 0.760. The van der Waals surface area contributed by atoms with Crippen molar-refractivity contribution in [1.29, 1.82) is 0 Å². The maximum atomic E-state index is 11.4. The quantitative estimate of drug-likeness (QED) is 0.753. The van der Waals surface area contributed by atoms with Crippen LogP contribution in [0, 0.1) is 0 Å². The van der Waals surface area contributed by atoms with Gasteiger partial charge in [0.05, 0.1) is 17.2 Å². The van der Waals surface area contributed by atoms with Crippen molar-refractivity contribution in [2.45, 2.75) is 18.9 Å². The number of carbonyl (C=O) groups excluding carboxylic acids is 1. The van der Waals surface area contributed by atoms with Crippen LogP contribution < -0.4 is 9.64 Å². The van der Waals surface area contributed by atoms with E-state index in [1.54, 1.807) is 30.3 Å². The molecule has 0 amide bonds. The van der Waals surface area contributed by atoms with Gasteiger partial charge in [0.25, 0.3) is 0 Å². The van der Waals surface area contributed by atoms with Gasteiger partial charge in [-0.3, -0.25) is 0 Å². The average Bonchev–Trinajstić information content (AvgIpc) is 2.65. The molecule has 1 fully saturated rings. The van der Waals surface area contributed by atoms with Crippen LogP contribution in [0.4, 0.5) is 5.82 Å². The molecule has 0 aliphatic carbocycles. The normalized spacial score (nSPS) is 15.1. The lowest BCUT2D eigenvalue weighted by molar-refractivity contribution is 0.0592. The maximum Gasteiger partial charge on any atom is 0.358 e. The minimum atomic E-state index is -0.497. The SMILES string of the molecule is COC(=O)c1ccc(N2CCC(Oc3c(Cl)cccc3Cl)CC2)nn1. The second-order valence-electron chi connectivity index (χ2n) is 5.62. The maximum absolute atomic E-state index is 11.4. The molecule has 2 aromatic rings. The van der Waals surface area contributed by atoms with Crippen LogP contribution in [-0.4, -0.2) is 42.5 Å². The second-order valence-corrected chi connectivity index (χ2v) is 6.44. The number of hydrogen-bond donors (Lipinski definition) is 0. The number of hydrogen-bond acceptors (Lipinski definition) is 6. The van der Waals surface area contributed by atoms with E-state index in [-0.39, 0.29) is 11.8 Å². The molecule has 2 heterocycles. The molecule has 0 saturated carbocycles. The highest BCUT2D eigenvalue weighted by atomic mass is 35.5. The molecule has 1 aliphatic rings. The molecule has 25 heavy (non-hydrogen) atoms. The second kappa shape index (κ2) is 7.89. The van der Waals surface area contributed by atoms with E-state index in [0.717, 1.165) is 31.7 Å². The van der Waals surface area contributed by atoms with Crippen LogP contribution in [0.25, 0.3) is 0 Å². The largest absolute Gasteiger partial charge is 0.487 e. The van der Waals surface area contributed by atoms with Crippen molar-refractivity contribution < 1.29 is 14.3 Å². The number of esters is 1. The first-order chi connectivity index (χ1) is 12.1. The van der Waals surface area contributed by atoms with Crippen molar-refractivity contribution in [2.75, 3.05) is 25.1 Å². The number of rotatable bonds is 4. The van der Waals surface area contributed by atoms with E-state index in [1.165, 1.54) is 7.11 Å². The Balaban J connectivity index is 1.59. The van der Waals surface area contributed by atoms with Crippen LogP contribution in [0.15, 0.2) is 30.3 Å². The Labute approximate surface area is 155 Å². The van der Waals surface area contributed by atoms with Crippen molar-refractivity contribution in [3.8, 4) is 5.75 Å². The van der Waals surface area contributed by atoms with Crippen molar-refractivity contribution in [1.82, 2.24) is 10.2 Å². The number of piperidine rings is 1. The van der Waals surface area contributed by atoms with Gasteiger partial charge in [-0.1, -0.05) is 29.3 Å². The molecule has 1 aromatic heterocycles. The molecule has 0 bridgehead atoms. The van der Waals surface area contributed by atoms with Gasteiger partial charge in [-0.25, -0.2) is 4.79 Å². The summed E-state index contributed by atoms with van der Waals surface area (Å²) in [6.45, 7) is 1.53. The zero-order valence-corrected chi connectivity index (χ0v) is 15.1. The van der Waals surface area contributed by atoms with Crippen LogP contribution in [0.3, 0.4) is 0 Å². The number of aromatic nitrogens is 2. The van der Waals surface area contributed by atoms with Gasteiger partial charge in [-0.05, 0) is 24.3 Å². The smallest absolute Gasteiger partial charge is 0.358 e.